The maximum Gasteiger partial charge on any atom is 0.239 e. The number of likely N-dealkylation sites (N-methyl/N-ethyl adjacent to an activating group) is 1. The molecule has 6 heteroatoms. The van der Waals surface area contributed by atoms with Crippen molar-refractivity contribution in [3.8, 4) is 0 Å². The number of rotatable bonds is 4. The van der Waals surface area contributed by atoms with Crippen molar-refractivity contribution in [3.05, 3.63) is 17.5 Å². The Bertz CT molecular complexity index is 394. The minimum atomic E-state index is 0.0136. The number of nitrogens with zero attached hydrogens (tertiary/aromatic N) is 3. The summed E-state index contributed by atoms with van der Waals surface area (Å²) in [5.41, 5.74) is 0. The van der Waals surface area contributed by atoms with Crippen LogP contribution in [-0.2, 0) is 4.79 Å². The number of hydrogen-bond donors (Lipinski definition) is 1. The highest BCUT2D eigenvalue weighted by molar-refractivity contribution is 6.28. The molecule has 1 saturated carbocycles. The lowest BCUT2D eigenvalue weighted by Crippen LogP contribution is -2.36. The van der Waals surface area contributed by atoms with Crippen LogP contribution in [0.15, 0.2) is 12.3 Å². The summed E-state index contributed by atoms with van der Waals surface area (Å²) in [6.45, 7) is 0.282. The lowest BCUT2D eigenvalue weighted by molar-refractivity contribution is -0.119. The van der Waals surface area contributed by atoms with Crippen molar-refractivity contribution in [2.75, 3.05) is 18.5 Å². The number of halogens is 1. The van der Waals surface area contributed by atoms with Gasteiger partial charge in [0.1, 0.15) is 5.82 Å². The van der Waals surface area contributed by atoms with Crippen LogP contribution >= 0.6 is 11.6 Å². The molecular weight excluding hydrogens is 228 g/mol. The van der Waals surface area contributed by atoms with Crippen molar-refractivity contribution in [2.45, 2.75) is 18.9 Å². The third kappa shape index (κ3) is 3.06. The topological polar surface area (TPSA) is 58.1 Å². The third-order valence-corrected chi connectivity index (χ3v) is 2.51. The Balaban J connectivity index is 1.91. The molecule has 0 atom stereocenters. The quantitative estimate of drug-likeness (QED) is 0.793. The van der Waals surface area contributed by atoms with E-state index in [0.717, 1.165) is 12.8 Å². The van der Waals surface area contributed by atoms with E-state index in [9.17, 15) is 4.79 Å². The van der Waals surface area contributed by atoms with Crippen molar-refractivity contribution in [1.29, 1.82) is 0 Å². The van der Waals surface area contributed by atoms with E-state index in [4.69, 9.17) is 11.6 Å². The molecule has 1 aliphatic rings. The van der Waals surface area contributed by atoms with Crippen molar-refractivity contribution in [2.24, 2.45) is 0 Å². The smallest absolute Gasteiger partial charge is 0.239 e. The maximum atomic E-state index is 11.5. The van der Waals surface area contributed by atoms with Gasteiger partial charge in [-0.3, -0.25) is 4.79 Å². The molecule has 1 aromatic rings. The molecule has 1 aromatic heterocycles. The Morgan fingerprint density at radius 2 is 2.44 bits per heavy atom. The van der Waals surface area contributed by atoms with Crippen LogP contribution in [0.4, 0.5) is 5.82 Å². The number of amides is 1. The molecule has 2 rings (SSSR count). The van der Waals surface area contributed by atoms with Gasteiger partial charge < -0.3 is 10.2 Å². The Morgan fingerprint density at radius 1 is 1.69 bits per heavy atom. The summed E-state index contributed by atoms with van der Waals surface area (Å²) in [4.78, 5) is 21.1. The highest BCUT2D eigenvalue weighted by Gasteiger charge is 2.23. The van der Waals surface area contributed by atoms with Crippen molar-refractivity contribution in [3.63, 3.8) is 0 Å². The molecule has 1 heterocycles. The number of hydrogen-bond acceptors (Lipinski definition) is 4. The van der Waals surface area contributed by atoms with Gasteiger partial charge in [-0.25, -0.2) is 9.97 Å². The summed E-state index contributed by atoms with van der Waals surface area (Å²) in [6.07, 6.45) is 3.75. The van der Waals surface area contributed by atoms with Gasteiger partial charge in [-0.05, 0) is 30.5 Å². The first-order valence-corrected chi connectivity index (χ1v) is 5.52. The zero-order chi connectivity index (χ0) is 11.5. The van der Waals surface area contributed by atoms with Crippen molar-refractivity contribution >= 4 is 23.3 Å². The van der Waals surface area contributed by atoms with E-state index in [2.05, 4.69) is 15.3 Å². The molecule has 0 aromatic carbocycles. The normalized spacial score (nSPS) is 14.6. The van der Waals surface area contributed by atoms with Crippen LogP contribution in [0.3, 0.4) is 0 Å². The average Bonchev–Trinajstić information content (AvgIpc) is 3.01. The van der Waals surface area contributed by atoms with Crippen LogP contribution in [0.25, 0.3) is 0 Å². The van der Waals surface area contributed by atoms with Crippen molar-refractivity contribution < 1.29 is 4.79 Å². The summed E-state index contributed by atoms with van der Waals surface area (Å²) in [5.74, 6) is 0.658. The van der Waals surface area contributed by atoms with Crippen LogP contribution < -0.4 is 10.2 Å². The standard InChI is InChI=1S/C10H13ClN4O/c1-15(6-9(16)13-7-2-3-7)8-4-5-12-10(11)14-8/h4-5,7H,2-3,6H2,1H3,(H,13,16). The second-order valence-corrected chi connectivity index (χ2v) is 4.22. The average molecular weight is 241 g/mol. The Labute approximate surface area is 98.8 Å². The van der Waals surface area contributed by atoms with Gasteiger partial charge in [-0.2, -0.15) is 0 Å². The zero-order valence-electron chi connectivity index (χ0n) is 8.98. The Morgan fingerprint density at radius 3 is 3.06 bits per heavy atom. The summed E-state index contributed by atoms with van der Waals surface area (Å²) in [5, 5.41) is 3.10. The Kier molecular flexibility index (Phi) is 3.24. The molecule has 16 heavy (non-hydrogen) atoms. The molecule has 0 aliphatic heterocycles. The summed E-state index contributed by atoms with van der Waals surface area (Å²) in [7, 11) is 1.80. The zero-order valence-corrected chi connectivity index (χ0v) is 9.74. The van der Waals surface area contributed by atoms with E-state index >= 15 is 0 Å². The van der Waals surface area contributed by atoms with Gasteiger partial charge in [0, 0.05) is 19.3 Å². The predicted octanol–water partition coefficient (Wildman–Crippen LogP) is 0.845. The highest BCUT2D eigenvalue weighted by Crippen LogP contribution is 2.18. The van der Waals surface area contributed by atoms with Crippen LogP contribution in [0.2, 0.25) is 5.28 Å². The van der Waals surface area contributed by atoms with E-state index in [1.54, 1.807) is 24.2 Å². The number of aromatic nitrogens is 2. The number of carbonyl (C=O) groups is 1. The SMILES string of the molecule is CN(CC(=O)NC1CC1)c1ccnc(Cl)n1. The lowest BCUT2D eigenvalue weighted by atomic mass is 10.4. The molecule has 0 radical (unpaired) electrons. The number of carbonyl (C=O) groups excluding carboxylic acids is 1. The number of anilines is 1. The molecule has 0 saturated heterocycles. The number of nitrogens with one attached hydrogen (secondary N) is 1. The fourth-order valence-corrected chi connectivity index (χ4v) is 1.48. The fraction of sp³-hybridized carbons (Fsp3) is 0.500. The minimum Gasteiger partial charge on any atom is -0.352 e. The van der Waals surface area contributed by atoms with Crippen LogP contribution in [-0.4, -0.2) is 35.5 Å². The van der Waals surface area contributed by atoms with Crippen LogP contribution in [0.1, 0.15) is 12.8 Å². The first-order chi connectivity index (χ1) is 7.65. The van der Waals surface area contributed by atoms with Gasteiger partial charge in [0.05, 0.1) is 6.54 Å². The second-order valence-electron chi connectivity index (χ2n) is 3.88. The molecule has 0 unspecified atom stereocenters. The monoisotopic (exact) mass is 240 g/mol. The molecule has 0 spiro atoms. The van der Waals surface area contributed by atoms with E-state index < -0.39 is 0 Å². The van der Waals surface area contributed by atoms with E-state index in [1.807, 2.05) is 0 Å². The lowest BCUT2D eigenvalue weighted by Gasteiger charge is -2.17. The first-order valence-electron chi connectivity index (χ1n) is 5.14. The molecule has 86 valence electrons. The molecule has 1 aliphatic carbocycles. The van der Waals surface area contributed by atoms with Gasteiger partial charge in [0.15, 0.2) is 0 Å². The maximum absolute atomic E-state index is 11.5. The molecule has 1 amide bonds. The summed E-state index contributed by atoms with van der Waals surface area (Å²) in [6, 6.07) is 2.10. The summed E-state index contributed by atoms with van der Waals surface area (Å²) >= 11 is 5.67. The fourth-order valence-electron chi connectivity index (χ4n) is 1.34. The highest BCUT2D eigenvalue weighted by atomic mass is 35.5. The van der Waals surface area contributed by atoms with E-state index in [-0.39, 0.29) is 17.7 Å². The van der Waals surface area contributed by atoms with E-state index in [1.165, 1.54) is 0 Å². The largest absolute Gasteiger partial charge is 0.352 e. The molecule has 5 nitrogen and oxygen atoms in total. The molecular formula is C10H13ClN4O. The van der Waals surface area contributed by atoms with Gasteiger partial charge in [-0.15, -0.1) is 0 Å². The Hall–Kier alpha value is -1.36. The van der Waals surface area contributed by atoms with Gasteiger partial charge in [0.2, 0.25) is 11.2 Å². The molecule has 1 N–H and O–H groups in total. The molecule has 0 bridgehead atoms. The van der Waals surface area contributed by atoms with Gasteiger partial charge >= 0.3 is 0 Å². The third-order valence-electron chi connectivity index (χ3n) is 2.33. The van der Waals surface area contributed by atoms with Crippen LogP contribution in [0, 0.1) is 0 Å². The second kappa shape index (κ2) is 4.65. The van der Waals surface area contributed by atoms with Crippen LogP contribution in [0.5, 0.6) is 0 Å². The molecule has 1 fully saturated rings. The summed E-state index contributed by atoms with van der Waals surface area (Å²) < 4.78 is 0. The van der Waals surface area contributed by atoms with E-state index in [0.29, 0.717) is 11.9 Å². The van der Waals surface area contributed by atoms with Crippen molar-refractivity contribution in [1.82, 2.24) is 15.3 Å². The van der Waals surface area contributed by atoms with Gasteiger partial charge in [0.25, 0.3) is 0 Å². The first kappa shape index (κ1) is 11.1. The van der Waals surface area contributed by atoms with Gasteiger partial charge in [-0.1, -0.05) is 0 Å². The predicted molar refractivity (Wildman–Crippen MR) is 61.5 cm³/mol. The minimum absolute atomic E-state index is 0.0136.